The van der Waals surface area contributed by atoms with Gasteiger partial charge in [-0.2, -0.15) is 0 Å². The monoisotopic (exact) mass is 361 g/mol. The molecule has 0 aliphatic carbocycles. The highest BCUT2D eigenvalue weighted by Gasteiger charge is 2.44. The van der Waals surface area contributed by atoms with Crippen molar-refractivity contribution in [2.75, 3.05) is 19.5 Å². The lowest BCUT2D eigenvalue weighted by atomic mass is 9.88. The fourth-order valence-corrected chi connectivity index (χ4v) is 3.56. The molecule has 0 radical (unpaired) electrons. The van der Waals surface area contributed by atoms with E-state index in [1.54, 1.807) is 14.2 Å². The number of benzene rings is 2. The first-order valence-electron chi connectivity index (χ1n) is 8.31. The number of halogens is 1. The van der Waals surface area contributed by atoms with Crippen molar-refractivity contribution in [1.82, 2.24) is 0 Å². The van der Waals surface area contributed by atoms with Crippen LogP contribution >= 0.6 is 11.6 Å². The molecule has 1 aliphatic heterocycles. The highest BCUT2D eigenvalue weighted by molar-refractivity contribution is 6.30. The van der Waals surface area contributed by atoms with E-state index < -0.39 is 5.60 Å². The van der Waals surface area contributed by atoms with Crippen molar-refractivity contribution in [1.29, 1.82) is 0 Å². The van der Waals surface area contributed by atoms with E-state index in [-0.39, 0.29) is 12.2 Å². The topological polar surface area (TPSA) is 39.7 Å². The zero-order valence-electron chi connectivity index (χ0n) is 15.0. The predicted molar refractivity (Wildman–Crippen MR) is 100 cm³/mol. The molecule has 2 aromatic rings. The Morgan fingerprint density at radius 3 is 2.60 bits per heavy atom. The third-order valence-electron chi connectivity index (χ3n) is 4.54. The van der Waals surface area contributed by atoms with Crippen molar-refractivity contribution in [3.63, 3.8) is 0 Å². The van der Waals surface area contributed by atoms with Crippen LogP contribution in [0.5, 0.6) is 5.75 Å². The van der Waals surface area contributed by atoms with Crippen LogP contribution < -0.4 is 10.1 Å². The lowest BCUT2D eigenvalue weighted by molar-refractivity contribution is -0.140. The van der Waals surface area contributed by atoms with E-state index in [4.69, 9.17) is 25.8 Å². The van der Waals surface area contributed by atoms with Gasteiger partial charge in [0.25, 0.3) is 0 Å². The predicted octanol–water partition coefficient (Wildman–Crippen LogP) is 4.83. The highest BCUT2D eigenvalue weighted by Crippen LogP contribution is 2.43. The van der Waals surface area contributed by atoms with Crippen molar-refractivity contribution < 1.29 is 14.2 Å². The Morgan fingerprint density at radius 2 is 1.92 bits per heavy atom. The Kier molecular flexibility index (Phi) is 5.23. The average molecular weight is 362 g/mol. The van der Waals surface area contributed by atoms with Crippen LogP contribution in [0.4, 0.5) is 5.69 Å². The second-order valence-corrected chi connectivity index (χ2v) is 7.19. The van der Waals surface area contributed by atoms with E-state index in [2.05, 4.69) is 11.4 Å². The maximum atomic E-state index is 6.14. The molecule has 5 heteroatoms. The number of ether oxygens (including phenoxy) is 3. The number of nitrogens with one attached hydrogen (secondary N) is 1. The second-order valence-electron chi connectivity index (χ2n) is 6.75. The molecule has 0 bridgehead atoms. The van der Waals surface area contributed by atoms with Crippen LogP contribution in [0.2, 0.25) is 5.02 Å². The average Bonchev–Trinajstić information content (AvgIpc) is 2.58. The van der Waals surface area contributed by atoms with E-state index in [0.717, 1.165) is 27.6 Å². The van der Waals surface area contributed by atoms with E-state index in [0.29, 0.717) is 6.54 Å². The van der Waals surface area contributed by atoms with Gasteiger partial charge in [0.1, 0.15) is 23.6 Å². The minimum Gasteiger partial charge on any atom is -0.485 e. The zero-order chi connectivity index (χ0) is 18.0. The molecule has 2 aromatic carbocycles. The van der Waals surface area contributed by atoms with E-state index in [9.17, 15) is 0 Å². The Hall–Kier alpha value is -1.75. The van der Waals surface area contributed by atoms with Crippen LogP contribution in [-0.2, 0) is 16.0 Å². The summed E-state index contributed by atoms with van der Waals surface area (Å²) in [7, 11) is 3.39. The molecule has 0 aromatic heterocycles. The van der Waals surface area contributed by atoms with Crippen LogP contribution in [0.3, 0.4) is 0 Å². The molecular formula is C20H24ClNO3. The van der Waals surface area contributed by atoms with Crippen molar-refractivity contribution in [3.8, 4) is 5.75 Å². The van der Waals surface area contributed by atoms with Crippen molar-refractivity contribution >= 4 is 17.3 Å². The van der Waals surface area contributed by atoms with Crippen LogP contribution in [0.1, 0.15) is 31.1 Å². The van der Waals surface area contributed by atoms with Gasteiger partial charge in [-0.1, -0.05) is 23.7 Å². The summed E-state index contributed by atoms with van der Waals surface area (Å²) in [5, 5.41) is 4.16. The summed E-state index contributed by atoms with van der Waals surface area (Å²) >= 11 is 6.04. The summed E-state index contributed by atoms with van der Waals surface area (Å²) in [4.78, 5) is 0. The lowest BCUT2D eigenvalue weighted by Crippen LogP contribution is -2.50. The molecule has 0 spiro atoms. The highest BCUT2D eigenvalue weighted by atomic mass is 35.5. The van der Waals surface area contributed by atoms with Gasteiger partial charge in [-0.25, -0.2) is 0 Å². The Morgan fingerprint density at radius 1 is 1.12 bits per heavy atom. The van der Waals surface area contributed by atoms with Crippen LogP contribution in [0.15, 0.2) is 42.5 Å². The molecule has 0 saturated heterocycles. The molecule has 1 heterocycles. The lowest BCUT2D eigenvalue weighted by Gasteiger charge is -2.43. The number of hydrogen-bond acceptors (Lipinski definition) is 4. The van der Waals surface area contributed by atoms with Gasteiger partial charge in [0, 0.05) is 37.0 Å². The zero-order valence-corrected chi connectivity index (χ0v) is 15.8. The number of anilines is 1. The maximum Gasteiger partial charge on any atom is 0.132 e. The van der Waals surface area contributed by atoms with E-state index in [1.165, 1.54) is 0 Å². The summed E-state index contributed by atoms with van der Waals surface area (Å²) in [5.74, 6) is 0.832. The van der Waals surface area contributed by atoms with Gasteiger partial charge < -0.3 is 19.5 Å². The number of methoxy groups -OCH3 is 2. The summed E-state index contributed by atoms with van der Waals surface area (Å²) in [6.07, 6.45) is -0.371. The van der Waals surface area contributed by atoms with Gasteiger partial charge in [-0.05, 0) is 49.7 Å². The standard InChI is InChI=1S/C20H24ClNO3/c1-20(2)19(24-4)18(23-3)16-11-15(8-9-17(16)25-20)22-12-13-6-5-7-14(21)10-13/h5-11,18-19,22H,12H2,1-4H3. The van der Waals surface area contributed by atoms with Gasteiger partial charge in [-0.3, -0.25) is 0 Å². The first-order valence-corrected chi connectivity index (χ1v) is 8.69. The molecule has 0 saturated carbocycles. The third-order valence-corrected chi connectivity index (χ3v) is 4.78. The molecule has 2 atom stereocenters. The maximum absolute atomic E-state index is 6.14. The first-order chi connectivity index (χ1) is 11.9. The normalized spacial score (nSPS) is 21.3. The quantitative estimate of drug-likeness (QED) is 0.828. The minimum atomic E-state index is -0.460. The van der Waals surface area contributed by atoms with Crippen LogP contribution in [0, 0.1) is 0 Å². The van der Waals surface area contributed by atoms with E-state index >= 15 is 0 Å². The Bertz CT molecular complexity index is 747. The van der Waals surface area contributed by atoms with Crippen LogP contribution in [0.25, 0.3) is 0 Å². The SMILES string of the molecule is COC1c2cc(NCc3cccc(Cl)c3)ccc2OC(C)(C)C1OC. The fraction of sp³-hybridized carbons (Fsp3) is 0.400. The molecule has 1 N–H and O–H groups in total. The number of fused-ring (bicyclic) bond motifs is 1. The largest absolute Gasteiger partial charge is 0.485 e. The molecule has 1 aliphatic rings. The Balaban J connectivity index is 1.83. The van der Waals surface area contributed by atoms with Gasteiger partial charge >= 0.3 is 0 Å². The summed E-state index contributed by atoms with van der Waals surface area (Å²) in [5.41, 5.74) is 2.65. The van der Waals surface area contributed by atoms with Crippen LogP contribution in [-0.4, -0.2) is 25.9 Å². The first kappa shape index (κ1) is 18.1. The minimum absolute atomic E-state index is 0.184. The molecule has 25 heavy (non-hydrogen) atoms. The van der Waals surface area contributed by atoms with E-state index in [1.807, 2.05) is 50.2 Å². The smallest absolute Gasteiger partial charge is 0.132 e. The summed E-state index contributed by atoms with van der Waals surface area (Å²) < 4.78 is 17.5. The van der Waals surface area contributed by atoms with Gasteiger partial charge in [0.15, 0.2) is 0 Å². The summed E-state index contributed by atoms with van der Waals surface area (Å²) in [6, 6.07) is 13.9. The Labute approximate surface area is 154 Å². The number of rotatable bonds is 5. The molecule has 4 nitrogen and oxygen atoms in total. The van der Waals surface area contributed by atoms with Crippen molar-refractivity contribution in [2.24, 2.45) is 0 Å². The molecule has 134 valence electrons. The summed E-state index contributed by atoms with van der Waals surface area (Å²) in [6.45, 7) is 4.72. The van der Waals surface area contributed by atoms with Gasteiger partial charge in [-0.15, -0.1) is 0 Å². The van der Waals surface area contributed by atoms with Crippen molar-refractivity contribution in [2.45, 2.75) is 38.2 Å². The van der Waals surface area contributed by atoms with Gasteiger partial charge in [0.2, 0.25) is 0 Å². The fourth-order valence-electron chi connectivity index (χ4n) is 3.35. The number of hydrogen-bond donors (Lipinski definition) is 1. The molecule has 2 unspecified atom stereocenters. The molecule has 3 rings (SSSR count). The van der Waals surface area contributed by atoms with Gasteiger partial charge in [0.05, 0.1) is 0 Å². The van der Waals surface area contributed by atoms with Crippen molar-refractivity contribution in [3.05, 3.63) is 58.6 Å². The molecular weight excluding hydrogens is 338 g/mol. The molecule has 0 amide bonds. The molecule has 0 fully saturated rings. The second kappa shape index (κ2) is 7.24. The third kappa shape index (κ3) is 3.76.